The first-order valence-electron chi connectivity index (χ1n) is 4.45. The van der Waals surface area contributed by atoms with Crippen LogP contribution in [0.1, 0.15) is 5.69 Å². The summed E-state index contributed by atoms with van der Waals surface area (Å²) >= 11 is 0. The summed E-state index contributed by atoms with van der Waals surface area (Å²) in [5.74, 6) is 1.33. The maximum Gasteiger partial charge on any atom is 0.151 e. The van der Waals surface area contributed by atoms with Crippen molar-refractivity contribution in [1.29, 1.82) is 0 Å². The predicted octanol–water partition coefficient (Wildman–Crippen LogP) is 0.214. The van der Waals surface area contributed by atoms with Crippen molar-refractivity contribution in [3.05, 3.63) is 17.8 Å². The maximum absolute atomic E-state index is 8.83. The van der Waals surface area contributed by atoms with E-state index in [1.165, 1.54) is 0 Å². The molecule has 1 aliphatic heterocycles. The van der Waals surface area contributed by atoms with Crippen LogP contribution in [0.3, 0.4) is 0 Å². The summed E-state index contributed by atoms with van der Waals surface area (Å²) in [6.07, 6.45) is 0. The van der Waals surface area contributed by atoms with Crippen molar-refractivity contribution in [2.24, 2.45) is 5.92 Å². The lowest BCUT2D eigenvalue weighted by Crippen LogP contribution is -2.48. The van der Waals surface area contributed by atoms with Gasteiger partial charge in [0.05, 0.1) is 5.69 Å². The van der Waals surface area contributed by atoms with Crippen molar-refractivity contribution >= 4 is 5.82 Å². The third-order valence-electron chi connectivity index (χ3n) is 2.32. The smallest absolute Gasteiger partial charge is 0.151 e. The first kappa shape index (κ1) is 8.44. The second-order valence-electron chi connectivity index (χ2n) is 3.49. The molecule has 0 unspecified atom stereocenters. The van der Waals surface area contributed by atoms with Crippen LogP contribution in [0.25, 0.3) is 0 Å². The van der Waals surface area contributed by atoms with Gasteiger partial charge in [-0.25, -0.2) is 0 Å². The average molecular weight is 179 g/mol. The molecule has 1 aromatic rings. The Labute approximate surface area is 77.2 Å². The fourth-order valence-corrected chi connectivity index (χ4v) is 1.43. The highest BCUT2D eigenvalue weighted by Gasteiger charge is 2.26. The minimum Gasteiger partial charge on any atom is -0.396 e. The van der Waals surface area contributed by atoms with Crippen LogP contribution in [0.4, 0.5) is 5.82 Å². The van der Waals surface area contributed by atoms with Crippen LogP contribution in [0.15, 0.2) is 12.1 Å². The van der Waals surface area contributed by atoms with Gasteiger partial charge in [-0.2, -0.15) is 5.10 Å². The largest absolute Gasteiger partial charge is 0.396 e. The Morgan fingerprint density at radius 2 is 2.23 bits per heavy atom. The Morgan fingerprint density at radius 3 is 2.77 bits per heavy atom. The highest BCUT2D eigenvalue weighted by molar-refractivity contribution is 5.40. The van der Waals surface area contributed by atoms with Crippen LogP contribution in [0, 0.1) is 12.8 Å². The van der Waals surface area contributed by atoms with Crippen LogP contribution in [-0.4, -0.2) is 35.0 Å². The van der Waals surface area contributed by atoms with Gasteiger partial charge in [0.25, 0.3) is 0 Å². The second-order valence-corrected chi connectivity index (χ2v) is 3.49. The lowest BCUT2D eigenvalue weighted by Gasteiger charge is -2.38. The molecule has 4 nitrogen and oxygen atoms in total. The minimum absolute atomic E-state index is 0.274. The average Bonchev–Trinajstić information content (AvgIpc) is 2.06. The number of rotatable bonds is 2. The van der Waals surface area contributed by atoms with Crippen molar-refractivity contribution in [2.75, 3.05) is 24.6 Å². The summed E-state index contributed by atoms with van der Waals surface area (Å²) in [7, 11) is 0. The van der Waals surface area contributed by atoms with E-state index in [1.807, 2.05) is 19.1 Å². The van der Waals surface area contributed by atoms with Gasteiger partial charge in [-0.05, 0) is 19.1 Å². The van der Waals surface area contributed by atoms with Crippen molar-refractivity contribution in [1.82, 2.24) is 10.2 Å². The lowest BCUT2D eigenvalue weighted by molar-refractivity contribution is 0.200. The van der Waals surface area contributed by atoms with Gasteiger partial charge in [-0.3, -0.25) is 0 Å². The molecule has 1 saturated heterocycles. The number of hydrogen-bond acceptors (Lipinski definition) is 4. The quantitative estimate of drug-likeness (QED) is 0.705. The van der Waals surface area contributed by atoms with Gasteiger partial charge in [-0.1, -0.05) is 0 Å². The third-order valence-corrected chi connectivity index (χ3v) is 2.32. The van der Waals surface area contributed by atoms with Gasteiger partial charge >= 0.3 is 0 Å². The zero-order valence-corrected chi connectivity index (χ0v) is 7.64. The summed E-state index contributed by atoms with van der Waals surface area (Å²) in [5.41, 5.74) is 0.933. The van der Waals surface area contributed by atoms with Crippen LogP contribution >= 0.6 is 0 Å². The topological polar surface area (TPSA) is 49.2 Å². The molecule has 0 radical (unpaired) electrons. The van der Waals surface area contributed by atoms with E-state index < -0.39 is 0 Å². The molecule has 0 bridgehead atoms. The van der Waals surface area contributed by atoms with E-state index in [4.69, 9.17) is 5.11 Å². The molecule has 0 aliphatic carbocycles. The van der Waals surface area contributed by atoms with Crippen LogP contribution in [0.2, 0.25) is 0 Å². The maximum atomic E-state index is 8.83. The van der Waals surface area contributed by atoms with Gasteiger partial charge < -0.3 is 10.0 Å². The lowest BCUT2D eigenvalue weighted by atomic mass is 10.0. The van der Waals surface area contributed by atoms with E-state index >= 15 is 0 Å². The highest BCUT2D eigenvalue weighted by atomic mass is 16.3. The van der Waals surface area contributed by atoms with Crippen molar-refractivity contribution in [3.8, 4) is 0 Å². The predicted molar refractivity (Wildman–Crippen MR) is 49.6 cm³/mol. The molecule has 0 atom stereocenters. The molecular formula is C9H13N3O. The summed E-state index contributed by atoms with van der Waals surface area (Å²) < 4.78 is 0. The summed E-state index contributed by atoms with van der Waals surface area (Å²) in [4.78, 5) is 2.12. The molecule has 13 heavy (non-hydrogen) atoms. The van der Waals surface area contributed by atoms with Gasteiger partial charge in [-0.15, -0.1) is 5.10 Å². The number of aliphatic hydroxyl groups is 1. The van der Waals surface area contributed by atoms with Crippen LogP contribution in [-0.2, 0) is 0 Å². The van der Waals surface area contributed by atoms with E-state index in [-0.39, 0.29) is 6.61 Å². The van der Waals surface area contributed by atoms with Crippen LogP contribution < -0.4 is 4.90 Å². The molecule has 4 heteroatoms. The zero-order valence-electron chi connectivity index (χ0n) is 7.64. The van der Waals surface area contributed by atoms with E-state index in [2.05, 4.69) is 15.1 Å². The highest BCUT2D eigenvalue weighted by Crippen LogP contribution is 2.21. The molecular weight excluding hydrogens is 166 g/mol. The number of aromatic nitrogens is 2. The number of hydrogen-bond donors (Lipinski definition) is 1. The van der Waals surface area contributed by atoms with Gasteiger partial charge in [0.15, 0.2) is 5.82 Å². The Bertz CT molecular complexity index is 279. The van der Waals surface area contributed by atoms with E-state index in [0.717, 1.165) is 24.6 Å². The number of nitrogens with zero attached hydrogens (tertiary/aromatic N) is 3. The molecule has 1 fully saturated rings. The Hall–Kier alpha value is -1.16. The second kappa shape index (κ2) is 3.30. The number of aryl methyl sites for hydroxylation is 1. The standard InChI is InChI=1S/C9H13N3O/c1-7-2-3-9(11-10-7)12-4-8(5-12)6-13/h2-3,8,13H,4-6H2,1H3. The first-order chi connectivity index (χ1) is 6.29. The Kier molecular flexibility index (Phi) is 2.14. The van der Waals surface area contributed by atoms with Gasteiger partial charge in [0.2, 0.25) is 0 Å². The summed E-state index contributed by atoms with van der Waals surface area (Å²) in [5, 5.41) is 16.9. The minimum atomic E-state index is 0.274. The molecule has 2 heterocycles. The molecule has 0 amide bonds. The summed E-state index contributed by atoms with van der Waals surface area (Å²) in [6.45, 7) is 3.99. The molecule has 2 rings (SSSR count). The fraction of sp³-hybridized carbons (Fsp3) is 0.556. The van der Waals surface area contributed by atoms with Crippen molar-refractivity contribution < 1.29 is 5.11 Å². The first-order valence-corrected chi connectivity index (χ1v) is 4.45. The molecule has 0 saturated carbocycles. The molecule has 1 aromatic heterocycles. The normalized spacial score (nSPS) is 17.2. The Balaban J connectivity index is 1.99. The fourth-order valence-electron chi connectivity index (χ4n) is 1.43. The van der Waals surface area contributed by atoms with E-state index in [1.54, 1.807) is 0 Å². The molecule has 0 spiro atoms. The zero-order chi connectivity index (χ0) is 9.26. The van der Waals surface area contributed by atoms with Crippen molar-refractivity contribution in [3.63, 3.8) is 0 Å². The van der Waals surface area contributed by atoms with E-state index in [0.29, 0.717) is 5.92 Å². The van der Waals surface area contributed by atoms with E-state index in [9.17, 15) is 0 Å². The Morgan fingerprint density at radius 1 is 1.46 bits per heavy atom. The molecule has 70 valence electrons. The van der Waals surface area contributed by atoms with Gasteiger partial charge in [0.1, 0.15) is 0 Å². The monoisotopic (exact) mass is 179 g/mol. The number of aliphatic hydroxyl groups excluding tert-OH is 1. The molecule has 1 aliphatic rings. The molecule has 0 aromatic carbocycles. The number of anilines is 1. The van der Waals surface area contributed by atoms with Gasteiger partial charge in [0, 0.05) is 25.6 Å². The molecule has 1 N–H and O–H groups in total. The van der Waals surface area contributed by atoms with Crippen molar-refractivity contribution in [2.45, 2.75) is 6.92 Å². The third kappa shape index (κ3) is 1.62. The summed E-state index contributed by atoms with van der Waals surface area (Å²) in [6, 6.07) is 3.92. The SMILES string of the molecule is Cc1ccc(N2CC(CO)C2)nn1. The van der Waals surface area contributed by atoms with Crippen LogP contribution in [0.5, 0.6) is 0 Å².